The van der Waals surface area contributed by atoms with Gasteiger partial charge < -0.3 is 5.11 Å². The number of anilines is 1. The Hall–Kier alpha value is -4.00. The van der Waals surface area contributed by atoms with E-state index >= 15 is 0 Å². The summed E-state index contributed by atoms with van der Waals surface area (Å²) in [5.41, 5.74) is 3.28. The highest BCUT2D eigenvalue weighted by molar-refractivity contribution is 6.05. The highest BCUT2D eigenvalue weighted by atomic mass is 16.4. The molecule has 0 spiro atoms. The molecule has 0 aliphatic rings. The Kier molecular flexibility index (Phi) is 5.48. The highest BCUT2D eigenvalue weighted by Gasteiger charge is 2.25. The summed E-state index contributed by atoms with van der Waals surface area (Å²) in [5.74, 6) is -0.550. The third kappa shape index (κ3) is 4.09. The molecular weight excluding hydrogens is 404 g/mol. The smallest absolute Gasteiger partial charge is 0.304 e. The molecule has 0 aliphatic heterocycles. The third-order valence-electron chi connectivity index (χ3n) is 5.57. The Morgan fingerprint density at radius 1 is 1.03 bits per heavy atom. The number of benzene rings is 2. The van der Waals surface area contributed by atoms with Crippen LogP contribution in [0.1, 0.15) is 36.2 Å². The molecule has 32 heavy (non-hydrogen) atoms. The summed E-state index contributed by atoms with van der Waals surface area (Å²) in [6.45, 7) is 3.75. The molecule has 1 N–H and O–H groups in total. The van der Waals surface area contributed by atoms with E-state index in [0.717, 1.165) is 16.8 Å². The number of carbonyl (C=O) groups excluding carboxylic acids is 1. The maximum absolute atomic E-state index is 13.2. The van der Waals surface area contributed by atoms with Gasteiger partial charge in [0.25, 0.3) is 5.91 Å². The number of carboxylic acid groups (broad SMARTS) is 1. The molecule has 2 aromatic carbocycles. The van der Waals surface area contributed by atoms with Crippen molar-refractivity contribution in [1.82, 2.24) is 14.6 Å². The summed E-state index contributed by atoms with van der Waals surface area (Å²) in [6, 6.07) is 20.5. The number of fused-ring (bicyclic) bond motifs is 1. The van der Waals surface area contributed by atoms with Crippen molar-refractivity contribution in [3.63, 3.8) is 0 Å². The summed E-state index contributed by atoms with van der Waals surface area (Å²) in [4.78, 5) is 30.4. The quantitative estimate of drug-likeness (QED) is 0.491. The normalized spacial score (nSPS) is 11.5. The van der Waals surface area contributed by atoms with Crippen molar-refractivity contribution in [3.05, 3.63) is 84.1 Å². The zero-order chi connectivity index (χ0) is 22.9. The summed E-state index contributed by atoms with van der Waals surface area (Å²) in [7, 11) is 1.69. The second kappa shape index (κ2) is 8.26. The molecule has 4 aromatic rings. The predicted octanol–water partition coefficient (Wildman–Crippen LogP) is 4.43. The Balaban J connectivity index is 1.65. The van der Waals surface area contributed by atoms with E-state index in [4.69, 9.17) is 5.11 Å². The van der Waals surface area contributed by atoms with Gasteiger partial charge in [-0.05, 0) is 17.7 Å². The molecule has 2 aromatic heterocycles. The molecule has 7 heteroatoms. The fourth-order valence-corrected chi connectivity index (χ4v) is 3.73. The maximum atomic E-state index is 13.2. The van der Waals surface area contributed by atoms with E-state index in [2.05, 4.69) is 10.1 Å². The second-order valence-electron chi connectivity index (χ2n) is 8.36. The van der Waals surface area contributed by atoms with Crippen molar-refractivity contribution >= 4 is 23.3 Å². The maximum Gasteiger partial charge on any atom is 0.304 e. The molecule has 0 radical (unpaired) electrons. The van der Waals surface area contributed by atoms with E-state index in [0.29, 0.717) is 17.0 Å². The predicted molar refractivity (Wildman–Crippen MR) is 123 cm³/mol. The van der Waals surface area contributed by atoms with Crippen molar-refractivity contribution in [2.45, 2.75) is 25.7 Å². The van der Waals surface area contributed by atoms with Gasteiger partial charge in [0.15, 0.2) is 5.65 Å². The first-order valence-electron chi connectivity index (χ1n) is 10.3. The van der Waals surface area contributed by atoms with Gasteiger partial charge >= 0.3 is 5.97 Å². The van der Waals surface area contributed by atoms with E-state index in [1.54, 1.807) is 36.0 Å². The van der Waals surface area contributed by atoms with Crippen LogP contribution in [0.25, 0.3) is 16.9 Å². The Bertz CT molecular complexity index is 1280. The van der Waals surface area contributed by atoms with Crippen molar-refractivity contribution in [2.24, 2.45) is 0 Å². The van der Waals surface area contributed by atoms with Crippen LogP contribution in [0.3, 0.4) is 0 Å². The Morgan fingerprint density at radius 2 is 1.72 bits per heavy atom. The van der Waals surface area contributed by atoms with Gasteiger partial charge in [-0.15, -0.1) is 0 Å². The molecule has 0 atom stereocenters. The zero-order valence-corrected chi connectivity index (χ0v) is 18.2. The van der Waals surface area contributed by atoms with Crippen molar-refractivity contribution in [1.29, 1.82) is 0 Å². The van der Waals surface area contributed by atoms with Crippen LogP contribution in [-0.2, 0) is 10.2 Å². The number of carboxylic acids is 1. The minimum absolute atomic E-state index is 0.0116. The zero-order valence-electron chi connectivity index (χ0n) is 18.2. The van der Waals surface area contributed by atoms with Crippen LogP contribution < -0.4 is 4.90 Å². The summed E-state index contributed by atoms with van der Waals surface area (Å²) >= 11 is 0. The van der Waals surface area contributed by atoms with E-state index in [1.807, 2.05) is 62.4 Å². The second-order valence-corrected chi connectivity index (χ2v) is 8.36. The topological polar surface area (TPSA) is 87.8 Å². The number of hydrogen-bond acceptors (Lipinski definition) is 4. The van der Waals surface area contributed by atoms with Crippen LogP contribution in [0.5, 0.6) is 0 Å². The molecule has 0 saturated heterocycles. The lowest BCUT2D eigenvalue weighted by Gasteiger charge is -2.23. The SMILES string of the molecule is CN(C(=O)c1ccc(C(C)(C)CC(=O)O)cc1)c1cc(-c2ccccc2)n2nccc2n1. The number of hydrogen-bond donors (Lipinski definition) is 1. The minimum atomic E-state index is -0.856. The first-order chi connectivity index (χ1) is 15.3. The van der Waals surface area contributed by atoms with Gasteiger partial charge in [-0.25, -0.2) is 9.50 Å². The molecule has 0 unspecified atom stereocenters. The van der Waals surface area contributed by atoms with Gasteiger partial charge in [-0.3, -0.25) is 14.5 Å². The van der Waals surface area contributed by atoms with E-state index in [1.165, 1.54) is 4.90 Å². The monoisotopic (exact) mass is 428 g/mol. The van der Waals surface area contributed by atoms with Gasteiger partial charge in [0.1, 0.15) is 5.82 Å². The van der Waals surface area contributed by atoms with Crippen molar-refractivity contribution in [2.75, 3.05) is 11.9 Å². The van der Waals surface area contributed by atoms with E-state index in [-0.39, 0.29) is 12.3 Å². The average molecular weight is 428 g/mol. The average Bonchev–Trinajstić information content (AvgIpc) is 3.26. The van der Waals surface area contributed by atoms with Crippen LogP contribution in [-0.4, -0.2) is 38.6 Å². The number of aliphatic carboxylic acids is 1. The number of nitrogens with zero attached hydrogens (tertiary/aromatic N) is 4. The third-order valence-corrected chi connectivity index (χ3v) is 5.57. The van der Waals surface area contributed by atoms with Crippen LogP contribution in [0, 0.1) is 0 Å². The molecule has 0 bridgehead atoms. The lowest BCUT2D eigenvalue weighted by Crippen LogP contribution is -2.28. The molecule has 0 aliphatic carbocycles. The van der Waals surface area contributed by atoms with E-state index in [9.17, 15) is 9.59 Å². The van der Waals surface area contributed by atoms with Crippen LogP contribution in [0.2, 0.25) is 0 Å². The van der Waals surface area contributed by atoms with Gasteiger partial charge in [0.05, 0.1) is 18.3 Å². The number of carbonyl (C=O) groups is 2. The lowest BCUT2D eigenvalue weighted by molar-refractivity contribution is -0.138. The largest absolute Gasteiger partial charge is 0.481 e. The molecule has 7 nitrogen and oxygen atoms in total. The Morgan fingerprint density at radius 3 is 2.38 bits per heavy atom. The van der Waals surface area contributed by atoms with Crippen LogP contribution in [0.4, 0.5) is 5.82 Å². The number of rotatable bonds is 6. The van der Waals surface area contributed by atoms with Gasteiger partial charge in [-0.1, -0.05) is 56.3 Å². The summed E-state index contributed by atoms with van der Waals surface area (Å²) < 4.78 is 1.75. The van der Waals surface area contributed by atoms with Gasteiger partial charge in [-0.2, -0.15) is 5.10 Å². The van der Waals surface area contributed by atoms with Gasteiger partial charge in [0.2, 0.25) is 0 Å². The molecule has 0 saturated carbocycles. The summed E-state index contributed by atoms with van der Waals surface area (Å²) in [5, 5.41) is 13.5. The van der Waals surface area contributed by atoms with Crippen molar-refractivity contribution in [3.8, 4) is 11.3 Å². The fourth-order valence-electron chi connectivity index (χ4n) is 3.73. The van der Waals surface area contributed by atoms with Crippen molar-refractivity contribution < 1.29 is 14.7 Å². The van der Waals surface area contributed by atoms with Crippen LogP contribution in [0.15, 0.2) is 72.9 Å². The minimum Gasteiger partial charge on any atom is -0.481 e. The number of aromatic nitrogens is 3. The molecule has 2 heterocycles. The molecule has 1 amide bonds. The lowest BCUT2D eigenvalue weighted by atomic mass is 9.81. The molecule has 4 rings (SSSR count). The van der Waals surface area contributed by atoms with Gasteiger partial charge in [0, 0.05) is 35.7 Å². The highest BCUT2D eigenvalue weighted by Crippen LogP contribution is 2.28. The molecule has 162 valence electrons. The van der Waals surface area contributed by atoms with E-state index < -0.39 is 11.4 Å². The molecule has 0 fully saturated rings. The first kappa shape index (κ1) is 21.2. The molecular formula is C25H24N4O3. The standard InChI is InChI=1S/C25H24N4O3/c1-25(2,16-23(30)31)19-11-9-18(10-12-19)24(32)28(3)22-15-20(17-7-5-4-6-8-17)29-21(27-22)13-14-26-29/h4-15H,16H2,1-3H3,(H,30,31). The Labute approximate surface area is 186 Å². The summed E-state index contributed by atoms with van der Waals surface area (Å²) in [6.07, 6.45) is 1.69. The fraction of sp³-hybridized carbons (Fsp3) is 0.200. The first-order valence-corrected chi connectivity index (χ1v) is 10.3. The van der Waals surface area contributed by atoms with Crippen LogP contribution >= 0.6 is 0 Å². The number of amides is 1.